The van der Waals surface area contributed by atoms with Crippen LogP contribution in [0.2, 0.25) is 18.1 Å². The van der Waals surface area contributed by atoms with Gasteiger partial charge in [0.05, 0.1) is 18.4 Å². The highest BCUT2D eigenvalue weighted by Gasteiger charge is 2.47. The van der Waals surface area contributed by atoms with E-state index < -0.39 is 60.0 Å². The standard InChI is InChI=1S/C28H47Cl3O7Si/c1-12-16-19(5)23(36-25(34)35-18-28(29,30)31)20(6)24(33)27(10,11)21(17-22(32)37-26(7,8)9)38-39(13-2,14-3)15-4/h1,19-21,23H,13-18H2,2-11H3/t19-,20+,21-,23-/m0/s1. The maximum Gasteiger partial charge on any atom is 0.508 e. The third kappa shape index (κ3) is 13.0. The summed E-state index contributed by atoms with van der Waals surface area (Å²) in [5.41, 5.74) is -1.82. The number of rotatable bonds is 15. The molecule has 0 spiro atoms. The van der Waals surface area contributed by atoms with E-state index in [1.54, 1.807) is 48.5 Å². The largest absolute Gasteiger partial charge is 0.508 e. The van der Waals surface area contributed by atoms with E-state index in [2.05, 4.69) is 26.7 Å². The molecule has 0 aromatic carbocycles. The number of alkyl halides is 3. The summed E-state index contributed by atoms with van der Waals surface area (Å²) < 4.78 is 21.0. The first-order valence-electron chi connectivity index (χ1n) is 13.5. The van der Waals surface area contributed by atoms with Crippen molar-refractivity contribution >= 4 is 61.0 Å². The Hall–Kier alpha value is -0.983. The number of carbonyl (C=O) groups excluding carboxylic acids is 3. The van der Waals surface area contributed by atoms with Crippen molar-refractivity contribution in [2.45, 2.75) is 122 Å². The van der Waals surface area contributed by atoms with Gasteiger partial charge in [0.1, 0.15) is 24.1 Å². The van der Waals surface area contributed by atoms with E-state index in [9.17, 15) is 14.4 Å². The fourth-order valence-corrected chi connectivity index (χ4v) is 7.62. The van der Waals surface area contributed by atoms with Gasteiger partial charge in [-0.3, -0.25) is 9.59 Å². The summed E-state index contributed by atoms with van der Waals surface area (Å²) in [5.74, 6) is 0.660. The molecule has 0 amide bonds. The molecule has 0 heterocycles. The van der Waals surface area contributed by atoms with E-state index in [1.165, 1.54) is 0 Å². The lowest BCUT2D eigenvalue weighted by atomic mass is 9.73. The van der Waals surface area contributed by atoms with Crippen molar-refractivity contribution in [2.24, 2.45) is 17.3 Å². The van der Waals surface area contributed by atoms with Gasteiger partial charge in [0.2, 0.25) is 3.79 Å². The lowest BCUT2D eigenvalue weighted by Crippen LogP contribution is -2.52. The minimum absolute atomic E-state index is 0.0891. The number of halogens is 3. The molecule has 0 fully saturated rings. The van der Waals surface area contributed by atoms with Gasteiger partial charge < -0.3 is 18.6 Å². The van der Waals surface area contributed by atoms with Crippen molar-refractivity contribution in [2.75, 3.05) is 6.61 Å². The summed E-state index contributed by atoms with van der Waals surface area (Å²) >= 11 is 17.0. The zero-order valence-electron chi connectivity index (χ0n) is 25.1. The zero-order chi connectivity index (χ0) is 30.8. The maximum absolute atomic E-state index is 14.1. The Bertz CT molecular complexity index is 846. The second-order valence-corrected chi connectivity index (χ2v) is 18.9. The molecular formula is C28H47Cl3O7Si. The van der Waals surface area contributed by atoms with E-state index >= 15 is 0 Å². The van der Waals surface area contributed by atoms with Crippen molar-refractivity contribution in [1.82, 2.24) is 0 Å². The number of terminal acetylenes is 1. The summed E-state index contributed by atoms with van der Waals surface area (Å²) in [7, 11) is -2.24. The second-order valence-electron chi connectivity index (χ2n) is 11.6. The van der Waals surface area contributed by atoms with Gasteiger partial charge >= 0.3 is 12.1 Å². The van der Waals surface area contributed by atoms with Gasteiger partial charge in [0.25, 0.3) is 0 Å². The van der Waals surface area contributed by atoms with Gasteiger partial charge in [0.15, 0.2) is 8.32 Å². The van der Waals surface area contributed by atoms with Crippen LogP contribution in [0.1, 0.15) is 82.1 Å². The lowest BCUT2D eigenvalue weighted by Gasteiger charge is -2.42. The van der Waals surface area contributed by atoms with Crippen LogP contribution >= 0.6 is 34.8 Å². The smallest absolute Gasteiger partial charge is 0.460 e. The molecule has 0 unspecified atom stereocenters. The van der Waals surface area contributed by atoms with Crippen LogP contribution in [-0.2, 0) is 28.2 Å². The molecule has 7 nitrogen and oxygen atoms in total. The molecule has 39 heavy (non-hydrogen) atoms. The normalized spacial score (nSPS) is 15.9. The van der Waals surface area contributed by atoms with E-state index in [0.717, 1.165) is 18.1 Å². The van der Waals surface area contributed by atoms with E-state index in [-0.39, 0.29) is 24.5 Å². The first kappa shape index (κ1) is 38.0. The topological polar surface area (TPSA) is 88.1 Å². The van der Waals surface area contributed by atoms with Crippen molar-refractivity contribution in [1.29, 1.82) is 0 Å². The predicted octanol–water partition coefficient (Wildman–Crippen LogP) is 7.89. The predicted molar refractivity (Wildman–Crippen MR) is 160 cm³/mol. The first-order chi connectivity index (χ1) is 17.7. The summed E-state index contributed by atoms with van der Waals surface area (Å²) in [6.45, 7) is 18.0. The third-order valence-electron chi connectivity index (χ3n) is 7.03. The Kier molecular flexibility index (Phi) is 15.5. The van der Waals surface area contributed by atoms with Crippen LogP contribution in [0.4, 0.5) is 4.79 Å². The number of ketones is 1. The van der Waals surface area contributed by atoms with Crippen LogP contribution in [0.15, 0.2) is 0 Å². The molecule has 0 bridgehead atoms. The lowest BCUT2D eigenvalue weighted by molar-refractivity contribution is -0.159. The van der Waals surface area contributed by atoms with Crippen LogP contribution in [0, 0.1) is 29.6 Å². The van der Waals surface area contributed by atoms with Gasteiger partial charge in [-0.25, -0.2) is 4.79 Å². The summed E-state index contributed by atoms with van der Waals surface area (Å²) in [6, 6.07) is 2.51. The van der Waals surface area contributed by atoms with Crippen molar-refractivity contribution in [3.8, 4) is 12.3 Å². The fourth-order valence-electron chi connectivity index (χ4n) is 4.47. The maximum atomic E-state index is 14.1. The first-order valence-corrected chi connectivity index (χ1v) is 17.1. The molecule has 0 radical (unpaired) electrons. The minimum Gasteiger partial charge on any atom is -0.460 e. The molecule has 0 aromatic rings. The third-order valence-corrected chi connectivity index (χ3v) is 12.0. The molecule has 0 saturated carbocycles. The zero-order valence-corrected chi connectivity index (χ0v) is 28.4. The molecule has 0 aliphatic heterocycles. The molecule has 0 aromatic heterocycles. The van der Waals surface area contributed by atoms with Crippen LogP contribution in [0.3, 0.4) is 0 Å². The Balaban J connectivity index is 6.28. The number of carbonyl (C=O) groups is 3. The minimum atomic E-state index is -2.24. The van der Waals surface area contributed by atoms with Gasteiger partial charge in [-0.15, -0.1) is 12.3 Å². The molecule has 0 aliphatic rings. The molecule has 0 N–H and O–H groups in total. The Morgan fingerprint density at radius 3 is 1.87 bits per heavy atom. The molecule has 0 rings (SSSR count). The molecule has 0 aliphatic carbocycles. The average Bonchev–Trinajstić information content (AvgIpc) is 2.81. The number of Topliss-reactive ketones (excluding diaryl/α,β-unsaturated/α-hetero) is 1. The monoisotopic (exact) mass is 628 g/mol. The highest BCUT2D eigenvalue weighted by atomic mass is 35.6. The van der Waals surface area contributed by atoms with Crippen molar-refractivity contribution in [3.05, 3.63) is 0 Å². The number of ether oxygens (including phenoxy) is 3. The van der Waals surface area contributed by atoms with Crippen molar-refractivity contribution in [3.63, 3.8) is 0 Å². The van der Waals surface area contributed by atoms with Crippen LogP contribution < -0.4 is 0 Å². The summed E-state index contributed by atoms with van der Waals surface area (Å²) in [5, 5.41) is 0. The van der Waals surface area contributed by atoms with Gasteiger partial charge in [-0.05, 0) is 38.9 Å². The highest BCUT2D eigenvalue weighted by molar-refractivity contribution is 6.73. The SMILES string of the molecule is C#CC[C@H](C)[C@H](OC(=O)OCC(Cl)(Cl)Cl)[C@@H](C)C(=O)C(C)(C)[C@H](CC(=O)OC(C)(C)C)O[Si](CC)(CC)CC. The van der Waals surface area contributed by atoms with Crippen LogP contribution in [0.5, 0.6) is 0 Å². The molecule has 226 valence electrons. The molecule has 4 atom stereocenters. The summed E-state index contributed by atoms with van der Waals surface area (Å²) in [4.78, 5) is 39.5. The fraction of sp³-hybridized carbons (Fsp3) is 0.821. The Morgan fingerprint density at radius 1 is 0.949 bits per heavy atom. The van der Waals surface area contributed by atoms with Crippen molar-refractivity contribution < 1.29 is 33.0 Å². The molecule has 0 saturated heterocycles. The summed E-state index contributed by atoms with van der Waals surface area (Å²) in [6.07, 6.45) is 2.93. The average molecular weight is 630 g/mol. The van der Waals surface area contributed by atoms with Crippen LogP contribution in [0.25, 0.3) is 0 Å². The van der Waals surface area contributed by atoms with E-state index in [1.807, 2.05) is 0 Å². The quantitative estimate of drug-likeness (QED) is 0.0788. The van der Waals surface area contributed by atoms with E-state index in [0.29, 0.717) is 0 Å². The number of esters is 1. The molecular weight excluding hydrogens is 583 g/mol. The van der Waals surface area contributed by atoms with Gasteiger partial charge in [-0.2, -0.15) is 0 Å². The number of hydrogen-bond donors (Lipinski definition) is 0. The van der Waals surface area contributed by atoms with Gasteiger partial charge in [0, 0.05) is 17.8 Å². The Morgan fingerprint density at radius 2 is 1.46 bits per heavy atom. The number of hydrogen-bond acceptors (Lipinski definition) is 7. The Labute approximate surface area is 251 Å². The molecule has 11 heteroatoms. The highest BCUT2D eigenvalue weighted by Crippen LogP contribution is 2.38. The van der Waals surface area contributed by atoms with Crippen LogP contribution in [-0.4, -0.2) is 54.4 Å². The second kappa shape index (κ2) is 15.9. The van der Waals surface area contributed by atoms with Gasteiger partial charge in [-0.1, -0.05) is 83.3 Å². The van der Waals surface area contributed by atoms with E-state index in [4.69, 9.17) is 59.9 Å².